The number of fused-ring (bicyclic) bond motifs is 2. The summed E-state index contributed by atoms with van der Waals surface area (Å²) in [4.78, 5) is 45.7. The van der Waals surface area contributed by atoms with Crippen LogP contribution in [-0.4, -0.2) is 36.0 Å². The lowest BCUT2D eigenvalue weighted by Crippen LogP contribution is -2.28. The maximum Gasteiger partial charge on any atom is 0.419 e. The highest BCUT2D eigenvalue weighted by molar-refractivity contribution is 5.98. The maximum absolute atomic E-state index is 12.9. The Morgan fingerprint density at radius 1 is 0.941 bits per heavy atom. The molecular weight excluding hydrogens is 438 g/mol. The second-order valence-corrected chi connectivity index (χ2v) is 7.58. The fraction of sp³-hybridized carbons (Fsp3) is 0.130. The van der Waals surface area contributed by atoms with Gasteiger partial charge in [0.1, 0.15) is 11.4 Å². The lowest BCUT2D eigenvalue weighted by molar-refractivity contribution is 0.0942. The highest BCUT2D eigenvalue weighted by Crippen LogP contribution is 2.14. The molecule has 0 atom stereocenters. The van der Waals surface area contributed by atoms with Gasteiger partial charge in [-0.3, -0.25) is 19.1 Å². The van der Waals surface area contributed by atoms with E-state index in [0.29, 0.717) is 23.3 Å². The Hall–Kier alpha value is -4.80. The second kappa shape index (κ2) is 8.62. The summed E-state index contributed by atoms with van der Waals surface area (Å²) in [5.41, 5.74) is 3.40. The highest BCUT2D eigenvalue weighted by atomic mass is 16.4. The van der Waals surface area contributed by atoms with Crippen LogP contribution in [0.3, 0.4) is 0 Å². The van der Waals surface area contributed by atoms with Crippen molar-refractivity contribution in [2.75, 3.05) is 0 Å². The Morgan fingerprint density at radius 2 is 1.71 bits per heavy atom. The van der Waals surface area contributed by atoms with Crippen LogP contribution in [0.4, 0.5) is 0 Å². The number of benzene rings is 1. The lowest BCUT2D eigenvalue weighted by atomic mass is 10.2. The van der Waals surface area contributed by atoms with Crippen LogP contribution in [0.2, 0.25) is 0 Å². The van der Waals surface area contributed by atoms with Gasteiger partial charge in [0, 0.05) is 44.7 Å². The van der Waals surface area contributed by atoms with Crippen LogP contribution in [-0.2, 0) is 20.1 Å². The molecule has 0 aliphatic rings. The van der Waals surface area contributed by atoms with E-state index in [4.69, 9.17) is 4.42 Å². The summed E-state index contributed by atoms with van der Waals surface area (Å²) in [6.07, 6.45) is 4.80. The summed E-state index contributed by atoms with van der Waals surface area (Å²) in [5.74, 6) is -1.30. The van der Waals surface area contributed by atoms with E-state index in [1.165, 1.54) is 21.3 Å². The molecule has 0 aliphatic carbocycles. The molecule has 0 saturated carbocycles. The van der Waals surface area contributed by atoms with Gasteiger partial charge < -0.3 is 15.1 Å². The molecule has 0 spiro atoms. The molecular formula is C23H19N7O4. The molecule has 5 aromatic rings. The minimum atomic E-state index is -0.454. The second-order valence-electron chi connectivity index (χ2n) is 7.58. The van der Waals surface area contributed by atoms with E-state index in [2.05, 4.69) is 25.7 Å². The van der Waals surface area contributed by atoms with Crippen LogP contribution in [0.5, 0.6) is 0 Å². The van der Waals surface area contributed by atoms with Gasteiger partial charge in [0.2, 0.25) is 0 Å². The number of aryl methyl sites for hydroxylation is 1. The third-order valence-corrected chi connectivity index (χ3v) is 5.34. The lowest BCUT2D eigenvalue weighted by Gasteiger charge is -2.10. The van der Waals surface area contributed by atoms with E-state index in [0.717, 1.165) is 11.1 Å². The van der Waals surface area contributed by atoms with Crippen molar-refractivity contribution in [2.45, 2.75) is 13.1 Å². The van der Waals surface area contributed by atoms with Gasteiger partial charge in [0.15, 0.2) is 11.2 Å². The Morgan fingerprint density at radius 3 is 2.53 bits per heavy atom. The van der Waals surface area contributed by atoms with Gasteiger partial charge in [0.05, 0.1) is 11.7 Å². The van der Waals surface area contributed by atoms with E-state index in [9.17, 15) is 14.4 Å². The predicted octanol–water partition coefficient (Wildman–Crippen LogP) is 1.43. The number of hydrogen-bond acceptors (Lipinski definition) is 7. The molecule has 0 unspecified atom stereocenters. The number of oxazole rings is 1. The minimum Gasteiger partial charge on any atom is -0.408 e. The largest absolute Gasteiger partial charge is 0.419 e. The van der Waals surface area contributed by atoms with Crippen LogP contribution in [0.15, 0.2) is 70.3 Å². The van der Waals surface area contributed by atoms with Crippen molar-refractivity contribution in [3.63, 3.8) is 0 Å². The molecule has 2 N–H and O–H groups in total. The number of nitrogens with zero attached hydrogens (tertiary/aromatic N) is 5. The molecule has 11 nitrogen and oxygen atoms in total. The van der Waals surface area contributed by atoms with E-state index < -0.39 is 17.6 Å². The summed E-state index contributed by atoms with van der Waals surface area (Å²) < 4.78 is 7.90. The zero-order valence-corrected chi connectivity index (χ0v) is 18.1. The molecule has 170 valence electrons. The van der Waals surface area contributed by atoms with Crippen molar-refractivity contribution in [1.82, 2.24) is 34.8 Å². The van der Waals surface area contributed by atoms with E-state index in [-0.39, 0.29) is 17.9 Å². The number of rotatable bonds is 6. The number of aromatic nitrogens is 5. The summed E-state index contributed by atoms with van der Waals surface area (Å²) in [5, 5.41) is 9.76. The van der Waals surface area contributed by atoms with Crippen LogP contribution in [0.25, 0.3) is 16.7 Å². The summed E-state index contributed by atoms with van der Waals surface area (Å²) in [7, 11) is 1.61. The Kier molecular flexibility index (Phi) is 5.34. The molecule has 34 heavy (non-hydrogen) atoms. The van der Waals surface area contributed by atoms with Crippen molar-refractivity contribution < 1.29 is 14.0 Å². The van der Waals surface area contributed by atoms with Crippen molar-refractivity contribution >= 4 is 28.6 Å². The van der Waals surface area contributed by atoms with Crippen molar-refractivity contribution in [3.05, 3.63) is 94.1 Å². The SMILES string of the molecule is Cn1c(=O)oc2ccc(CNC(=O)c3cc(C(=O)NCc4ccncc4)n4nccc4n3)cc21. The molecule has 2 amide bonds. The first-order chi connectivity index (χ1) is 16.5. The number of carbonyl (C=O) groups is 2. The number of pyridine rings is 1. The maximum atomic E-state index is 12.9. The Bertz CT molecular complexity index is 1580. The topological polar surface area (TPSA) is 136 Å². The summed E-state index contributed by atoms with van der Waals surface area (Å²) >= 11 is 0. The fourth-order valence-electron chi connectivity index (χ4n) is 3.52. The smallest absolute Gasteiger partial charge is 0.408 e. The average molecular weight is 457 g/mol. The molecule has 0 radical (unpaired) electrons. The van der Waals surface area contributed by atoms with Crippen molar-refractivity contribution in [2.24, 2.45) is 7.05 Å². The predicted molar refractivity (Wildman–Crippen MR) is 121 cm³/mol. The molecule has 0 fully saturated rings. The highest BCUT2D eigenvalue weighted by Gasteiger charge is 2.18. The van der Waals surface area contributed by atoms with Gasteiger partial charge in [-0.05, 0) is 35.4 Å². The standard InChI is InChI=1S/C23H19N7O4/c1-29-17-10-15(2-3-19(17)34-23(29)33)13-25-21(31)16-11-18(30-20(28-16)6-9-27-30)22(32)26-12-14-4-7-24-8-5-14/h2-11H,12-13H2,1H3,(H,25,31)(H,26,32). The number of amides is 2. The molecule has 4 heterocycles. The van der Waals surface area contributed by atoms with Gasteiger partial charge in [-0.1, -0.05) is 6.07 Å². The average Bonchev–Trinajstić information content (AvgIpc) is 3.45. The third kappa shape index (κ3) is 4.01. The van der Waals surface area contributed by atoms with Gasteiger partial charge in [-0.25, -0.2) is 14.3 Å². The van der Waals surface area contributed by atoms with E-state index in [1.807, 2.05) is 0 Å². The summed E-state index contributed by atoms with van der Waals surface area (Å²) in [6.45, 7) is 0.497. The summed E-state index contributed by atoms with van der Waals surface area (Å²) in [6, 6.07) is 11.8. The van der Waals surface area contributed by atoms with Crippen molar-refractivity contribution in [3.8, 4) is 0 Å². The van der Waals surface area contributed by atoms with E-state index >= 15 is 0 Å². The zero-order valence-electron chi connectivity index (χ0n) is 18.1. The van der Waals surface area contributed by atoms with Gasteiger partial charge in [-0.2, -0.15) is 5.10 Å². The van der Waals surface area contributed by atoms with Gasteiger partial charge >= 0.3 is 5.76 Å². The molecule has 4 aromatic heterocycles. The number of hydrogen-bond donors (Lipinski definition) is 2. The molecule has 0 bridgehead atoms. The molecule has 0 aliphatic heterocycles. The molecule has 5 rings (SSSR count). The first-order valence-electron chi connectivity index (χ1n) is 10.4. The fourth-order valence-corrected chi connectivity index (χ4v) is 3.52. The monoisotopic (exact) mass is 457 g/mol. The zero-order chi connectivity index (χ0) is 23.7. The normalized spacial score (nSPS) is 11.1. The minimum absolute atomic E-state index is 0.0823. The van der Waals surface area contributed by atoms with Crippen LogP contribution >= 0.6 is 0 Å². The van der Waals surface area contributed by atoms with Crippen LogP contribution in [0, 0.1) is 0 Å². The first-order valence-corrected chi connectivity index (χ1v) is 10.4. The quantitative estimate of drug-likeness (QED) is 0.394. The molecule has 0 saturated heterocycles. The Balaban J connectivity index is 1.35. The molecule has 11 heteroatoms. The van der Waals surface area contributed by atoms with E-state index in [1.54, 1.807) is 55.8 Å². The number of nitrogens with one attached hydrogen (secondary N) is 2. The van der Waals surface area contributed by atoms with Gasteiger partial charge in [-0.15, -0.1) is 0 Å². The van der Waals surface area contributed by atoms with Gasteiger partial charge in [0.25, 0.3) is 11.8 Å². The van der Waals surface area contributed by atoms with Crippen LogP contribution < -0.4 is 16.4 Å². The van der Waals surface area contributed by atoms with Crippen molar-refractivity contribution in [1.29, 1.82) is 0 Å². The molecule has 1 aromatic carbocycles. The third-order valence-electron chi connectivity index (χ3n) is 5.34. The number of carbonyl (C=O) groups excluding carboxylic acids is 2. The Labute approximate surface area is 192 Å². The first kappa shape index (κ1) is 21.1. The van der Waals surface area contributed by atoms with Crippen LogP contribution in [0.1, 0.15) is 32.1 Å².